The summed E-state index contributed by atoms with van der Waals surface area (Å²) in [6.45, 7) is 8.27. The van der Waals surface area contributed by atoms with Crippen LogP contribution in [0.3, 0.4) is 0 Å². The van der Waals surface area contributed by atoms with Crippen LogP contribution in [0.1, 0.15) is 40.5 Å². The molecule has 0 saturated carbocycles. The zero-order chi connectivity index (χ0) is 22.0. The van der Waals surface area contributed by atoms with Crippen molar-refractivity contribution in [3.8, 4) is 0 Å². The van der Waals surface area contributed by atoms with Crippen LogP contribution in [0.5, 0.6) is 0 Å². The number of rotatable bonds is 10. The maximum absolute atomic E-state index is 11.7. The predicted molar refractivity (Wildman–Crippen MR) is 97.3 cm³/mol. The zero-order valence-corrected chi connectivity index (χ0v) is 17.1. The van der Waals surface area contributed by atoms with E-state index in [1.807, 2.05) is 0 Å². The quantitative estimate of drug-likeness (QED) is 0.221. The molecule has 10 heteroatoms. The molecule has 1 aliphatic heterocycles. The fraction of sp³-hybridized carbons (Fsp3) is 0.684. The first-order valence-corrected chi connectivity index (χ1v) is 9.18. The van der Waals surface area contributed by atoms with Crippen LogP contribution in [-0.4, -0.2) is 67.8 Å². The smallest absolute Gasteiger partial charge is 0.303 e. The highest BCUT2D eigenvalue weighted by Gasteiger charge is 2.52. The van der Waals surface area contributed by atoms with Crippen molar-refractivity contribution >= 4 is 23.9 Å². The van der Waals surface area contributed by atoms with Crippen molar-refractivity contribution in [2.24, 2.45) is 0 Å². The topological polar surface area (TPSA) is 124 Å². The molecule has 0 unspecified atom stereocenters. The highest BCUT2D eigenvalue weighted by molar-refractivity contribution is 5.68. The molecular formula is C19H28O10. The van der Waals surface area contributed by atoms with E-state index in [0.29, 0.717) is 12.8 Å². The molecular weight excluding hydrogens is 388 g/mol. The molecule has 10 nitrogen and oxygen atoms in total. The summed E-state index contributed by atoms with van der Waals surface area (Å²) in [5, 5.41) is 0. The second-order valence-electron chi connectivity index (χ2n) is 6.37. The lowest BCUT2D eigenvalue weighted by Crippen LogP contribution is -2.63. The van der Waals surface area contributed by atoms with Gasteiger partial charge in [-0.3, -0.25) is 19.2 Å². The van der Waals surface area contributed by atoms with Gasteiger partial charge in [0.15, 0.2) is 24.6 Å². The molecule has 0 radical (unpaired) electrons. The third kappa shape index (κ3) is 8.61. The van der Waals surface area contributed by atoms with Gasteiger partial charge < -0.3 is 28.4 Å². The molecule has 0 amide bonds. The first-order valence-electron chi connectivity index (χ1n) is 9.18. The third-order valence-corrected chi connectivity index (χ3v) is 3.78. The summed E-state index contributed by atoms with van der Waals surface area (Å²) < 4.78 is 32.3. The Morgan fingerprint density at radius 1 is 0.862 bits per heavy atom. The van der Waals surface area contributed by atoms with E-state index in [0.717, 1.165) is 13.8 Å². The van der Waals surface area contributed by atoms with E-state index in [9.17, 15) is 19.2 Å². The van der Waals surface area contributed by atoms with Crippen LogP contribution in [0.15, 0.2) is 12.7 Å². The summed E-state index contributed by atoms with van der Waals surface area (Å²) in [6.07, 6.45) is -2.73. The van der Waals surface area contributed by atoms with Crippen molar-refractivity contribution in [2.75, 3.05) is 13.2 Å². The van der Waals surface area contributed by atoms with Gasteiger partial charge in [-0.05, 0) is 12.8 Å². The molecule has 0 bridgehead atoms. The first kappa shape index (κ1) is 24.6. The number of ether oxygens (including phenoxy) is 6. The van der Waals surface area contributed by atoms with E-state index in [1.165, 1.54) is 13.8 Å². The average molecular weight is 416 g/mol. The van der Waals surface area contributed by atoms with Crippen molar-refractivity contribution in [3.63, 3.8) is 0 Å². The SMILES string of the molecule is C=CCCCO[C@H]1O[C@H](COC(C)=O)[C@@H](OC(C)=O)[C@H](OC(C)=O)[C@@H]1OC(C)=O. The largest absolute Gasteiger partial charge is 0.463 e. The van der Waals surface area contributed by atoms with Gasteiger partial charge in [0.25, 0.3) is 0 Å². The van der Waals surface area contributed by atoms with Gasteiger partial charge in [0, 0.05) is 27.7 Å². The Kier molecular flexibility index (Phi) is 10.3. The molecule has 29 heavy (non-hydrogen) atoms. The van der Waals surface area contributed by atoms with E-state index >= 15 is 0 Å². The molecule has 1 rings (SSSR count). The van der Waals surface area contributed by atoms with E-state index < -0.39 is 54.6 Å². The Morgan fingerprint density at radius 3 is 1.93 bits per heavy atom. The minimum atomic E-state index is -1.22. The maximum Gasteiger partial charge on any atom is 0.303 e. The van der Waals surface area contributed by atoms with Crippen LogP contribution in [0.25, 0.3) is 0 Å². The summed E-state index contributed by atoms with van der Waals surface area (Å²) in [6, 6.07) is 0. The van der Waals surface area contributed by atoms with Crippen molar-refractivity contribution in [1.82, 2.24) is 0 Å². The highest BCUT2D eigenvalue weighted by atomic mass is 16.7. The zero-order valence-electron chi connectivity index (χ0n) is 17.1. The van der Waals surface area contributed by atoms with Crippen molar-refractivity contribution in [3.05, 3.63) is 12.7 Å². The Labute approximate surface area is 169 Å². The van der Waals surface area contributed by atoms with Gasteiger partial charge in [0.1, 0.15) is 12.7 Å². The Morgan fingerprint density at radius 2 is 1.41 bits per heavy atom. The second kappa shape index (κ2) is 12.2. The van der Waals surface area contributed by atoms with Gasteiger partial charge in [-0.25, -0.2) is 0 Å². The molecule has 0 aromatic rings. The number of carbonyl (C=O) groups excluding carboxylic acids is 4. The molecule has 0 spiro atoms. The molecule has 0 aliphatic carbocycles. The summed E-state index contributed by atoms with van der Waals surface area (Å²) in [7, 11) is 0. The number of esters is 4. The minimum Gasteiger partial charge on any atom is -0.463 e. The van der Waals surface area contributed by atoms with E-state index in [-0.39, 0.29) is 13.2 Å². The molecule has 1 saturated heterocycles. The van der Waals surface area contributed by atoms with Gasteiger partial charge >= 0.3 is 23.9 Å². The molecule has 0 N–H and O–H groups in total. The molecule has 5 atom stereocenters. The number of unbranched alkanes of at least 4 members (excludes halogenated alkanes) is 1. The lowest BCUT2D eigenvalue weighted by molar-refractivity contribution is -0.308. The maximum atomic E-state index is 11.7. The molecule has 1 aliphatic rings. The van der Waals surface area contributed by atoms with Gasteiger partial charge in [-0.2, -0.15) is 0 Å². The lowest BCUT2D eigenvalue weighted by atomic mass is 9.98. The fourth-order valence-corrected chi connectivity index (χ4v) is 2.75. The third-order valence-electron chi connectivity index (χ3n) is 3.78. The average Bonchev–Trinajstić information content (AvgIpc) is 2.60. The van der Waals surface area contributed by atoms with Gasteiger partial charge in [-0.15, -0.1) is 6.58 Å². The first-order chi connectivity index (χ1) is 13.6. The van der Waals surface area contributed by atoms with Crippen LogP contribution in [0.4, 0.5) is 0 Å². The minimum absolute atomic E-state index is 0.236. The van der Waals surface area contributed by atoms with Crippen LogP contribution < -0.4 is 0 Å². The van der Waals surface area contributed by atoms with E-state index in [1.54, 1.807) is 6.08 Å². The van der Waals surface area contributed by atoms with E-state index in [2.05, 4.69) is 6.58 Å². The summed E-state index contributed by atoms with van der Waals surface area (Å²) in [5.74, 6) is -2.63. The summed E-state index contributed by atoms with van der Waals surface area (Å²) in [5.41, 5.74) is 0. The van der Waals surface area contributed by atoms with Crippen molar-refractivity contribution in [2.45, 2.75) is 71.2 Å². The van der Waals surface area contributed by atoms with Crippen LogP contribution in [0, 0.1) is 0 Å². The number of carbonyl (C=O) groups is 4. The molecule has 0 aromatic heterocycles. The Balaban J connectivity index is 3.19. The Hall–Kier alpha value is -2.46. The number of hydrogen-bond donors (Lipinski definition) is 0. The summed E-state index contributed by atoms with van der Waals surface area (Å²) in [4.78, 5) is 46.1. The number of allylic oxidation sites excluding steroid dienone is 1. The monoisotopic (exact) mass is 416 g/mol. The van der Waals surface area contributed by atoms with Crippen LogP contribution in [0.2, 0.25) is 0 Å². The van der Waals surface area contributed by atoms with Crippen LogP contribution in [-0.2, 0) is 47.6 Å². The second-order valence-corrected chi connectivity index (χ2v) is 6.37. The van der Waals surface area contributed by atoms with Gasteiger partial charge in [0.2, 0.25) is 0 Å². The van der Waals surface area contributed by atoms with Gasteiger partial charge in [-0.1, -0.05) is 6.08 Å². The van der Waals surface area contributed by atoms with Crippen molar-refractivity contribution in [1.29, 1.82) is 0 Å². The normalized spacial score (nSPS) is 26.1. The molecule has 1 heterocycles. The molecule has 1 fully saturated rings. The van der Waals surface area contributed by atoms with E-state index in [4.69, 9.17) is 28.4 Å². The fourth-order valence-electron chi connectivity index (χ4n) is 2.75. The molecule has 164 valence electrons. The standard InChI is InChI=1S/C19H28O10/c1-6-7-8-9-24-19-18(28-14(5)23)17(27-13(4)22)16(26-12(3)21)15(29-19)10-25-11(2)20/h6,15-19H,1,7-10H2,2-5H3/t15-,16-,17+,18+,19+/m1/s1. The lowest BCUT2D eigenvalue weighted by Gasteiger charge is -2.44. The highest BCUT2D eigenvalue weighted by Crippen LogP contribution is 2.30. The molecule has 0 aromatic carbocycles. The van der Waals surface area contributed by atoms with Crippen molar-refractivity contribution < 1.29 is 47.6 Å². The van der Waals surface area contributed by atoms with Gasteiger partial charge in [0.05, 0.1) is 6.61 Å². The Bertz CT molecular complexity index is 602. The van der Waals surface area contributed by atoms with Crippen LogP contribution >= 0.6 is 0 Å². The number of hydrogen-bond acceptors (Lipinski definition) is 10. The predicted octanol–water partition coefficient (Wildman–Crippen LogP) is 1.05. The summed E-state index contributed by atoms with van der Waals surface area (Å²) >= 11 is 0.